The average Bonchev–Trinajstić information content (AvgIpc) is 2.95. The zero-order chi connectivity index (χ0) is 26.5. The number of aromatic nitrogens is 3. The van der Waals surface area contributed by atoms with Crippen molar-refractivity contribution in [1.82, 2.24) is 25.3 Å². The van der Waals surface area contributed by atoms with Crippen molar-refractivity contribution < 1.29 is 14.4 Å². The predicted octanol–water partition coefficient (Wildman–Crippen LogP) is 3.51. The van der Waals surface area contributed by atoms with Crippen LogP contribution in [0.5, 0.6) is 5.75 Å². The second-order valence-electron chi connectivity index (χ2n) is 9.04. The maximum absolute atomic E-state index is 13.2. The largest absolute Gasteiger partial charge is 0.490 e. The topological polar surface area (TPSA) is 119 Å². The fraction of sp³-hybridized carbons (Fsp3) is 0.286. The van der Waals surface area contributed by atoms with Crippen LogP contribution < -0.4 is 26.3 Å². The van der Waals surface area contributed by atoms with E-state index in [1.807, 2.05) is 48.5 Å². The lowest BCUT2D eigenvalue weighted by Gasteiger charge is -2.23. The minimum absolute atomic E-state index is 0.0763. The van der Waals surface area contributed by atoms with Gasteiger partial charge in [0.05, 0.1) is 12.5 Å². The van der Waals surface area contributed by atoms with Gasteiger partial charge in [-0.1, -0.05) is 19.1 Å². The summed E-state index contributed by atoms with van der Waals surface area (Å²) >= 11 is 0. The number of rotatable bonds is 8. The molecule has 1 aliphatic heterocycles. The van der Waals surface area contributed by atoms with Gasteiger partial charge in [-0.2, -0.15) is 4.98 Å². The first-order valence-corrected chi connectivity index (χ1v) is 12.6. The number of amides is 1. The minimum Gasteiger partial charge on any atom is -0.490 e. The number of carbonyl (C=O) groups excluding carboxylic acids is 1. The van der Waals surface area contributed by atoms with E-state index in [4.69, 9.17) is 9.57 Å². The lowest BCUT2D eigenvalue weighted by molar-refractivity contribution is 0.0536. The summed E-state index contributed by atoms with van der Waals surface area (Å²) in [7, 11) is 1.31. The Morgan fingerprint density at radius 2 is 1.84 bits per heavy atom. The second-order valence-corrected chi connectivity index (χ2v) is 9.04. The van der Waals surface area contributed by atoms with Crippen LogP contribution in [-0.2, 0) is 11.3 Å². The molecule has 4 aromatic rings. The van der Waals surface area contributed by atoms with Crippen LogP contribution in [0.3, 0.4) is 0 Å². The SMILES string of the molecule is CCc1ccc(-n2cc(C(=O)NOC)c(=O)c3cnc(Nc4ccc(OC5CCNCC5)cc4)nc32)cc1. The molecule has 0 saturated carbocycles. The van der Waals surface area contributed by atoms with Crippen LogP contribution in [0.1, 0.15) is 35.7 Å². The third kappa shape index (κ3) is 5.51. The highest BCUT2D eigenvalue weighted by molar-refractivity contribution is 5.96. The van der Waals surface area contributed by atoms with Gasteiger partial charge >= 0.3 is 0 Å². The fourth-order valence-corrected chi connectivity index (χ4v) is 4.42. The Balaban J connectivity index is 1.48. The number of ether oxygens (including phenoxy) is 1. The van der Waals surface area contributed by atoms with Gasteiger partial charge in [0.2, 0.25) is 11.4 Å². The van der Waals surface area contributed by atoms with Crippen LogP contribution in [0, 0.1) is 0 Å². The number of nitrogens with zero attached hydrogens (tertiary/aromatic N) is 3. The highest BCUT2D eigenvalue weighted by Crippen LogP contribution is 2.23. The van der Waals surface area contributed by atoms with Crippen molar-refractivity contribution >= 4 is 28.6 Å². The summed E-state index contributed by atoms with van der Waals surface area (Å²) < 4.78 is 7.79. The molecule has 5 rings (SSSR count). The molecule has 2 aromatic carbocycles. The van der Waals surface area contributed by atoms with E-state index in [2.05, 4.69) is 33.0 Å². The molecule has 10 nitrogen and oxygen atoms in total. The smallest absolute Gasteiger partial charge is 0.280 e. The van der Waals surface area contributed by atoms with Gasteiger partial charge in [0, 0.05) is 23.8 Å². The fourth-order valence-electron chi connectivity index (χ4n) is 4.42. The quantitative estimate of drug-likeness (QED) is 0.306. The summed E-state index contributed by atoms with van der Waals surface area (Å²) in [5.41, 5.74) is 4.73. The van der Waals surface area contributed by atoms with E-state index in [0.29, 0.717) is 11.6 Å². The Kier molecular flexibility index (Phi) is 7.62. The van der Waals surface area contributed by atoms with E-state index in [9.17, 15) is 9.59 Å². The van der Waals surface area contributed by atoms with Gasteiger partial charge in [-0.3, -0.25) is 14.4 Å². The summed E-state index contributed by atoms with van der Waals surface area (Å²) in [5, 5.41) is 6.75. The van der Waals surface area contributed by atoms with Gasteiger partial charge in [-0.15, -0.1) is 0 Å². The number of benzene rings is 2. The number of anilines is 2. The van der Waals surface area contributed by atoms with Crippen molar-refractivity contribution in [2.75, 3.05) is 25.5 Å². The number of carbonyl (C=O) groups is 1. The van der Waals surface area contributed by atoms with Crippen LogP contribution in [0.25, 0.3) is 16.7 Å². The maximum atomic E-state index is 13.2. The Hall–Kier alpha value is -4.28. The van der Waals surface area contributed by atoms with Crippen molar-refractivity contribution in [2.45, 2.75) is 32.3 Å². The lowest BCUT2D eigenvalue weighted by Crippen LogP contribution is -2.34. The van der Waals surface area contributed by atoms with E-state index >= 15 is 0 Å². The molecule has 38 heavy (non-hydrogen) atoms. The molecule has 0 unspecified atom stereocenters. The number of pyridine rings is 1. The van der Waals surface area contributed by atoms with E-state index < -0.39 is 11.3 Å². The number of piperidine rings is 1. The molecule has 0 radical (unpaired) electrons. The van der Waals surface area contributed by atoms with Crippen LogP contribution >= 0.6 is 0 Å². The van der Waals surface area contributed by atoms with Gasteiger partial charge in [0.15, 0.2) is 5.65 Å². The molecule has 1 aliphatic rings. The average molecular weight is 515 g/mol. The molecule has 1 fully saturated rings. The summed E-state index contributed by atoms with van der Waals surface area (Å²) in [5.74, 6) is 0.484. The molecule has 1 amide bonds. The molecule has 0 aliphatic carbocycles. The van der Waals surface area contributed by atoms with E-state index in [0.717, 1.165) is 49.5 Å². The highest BCUT2D eigenvalue weighted by atomic mass is 16.6. The number of hydrogen-bond donors (Lipinski definition) is 3. The number of aryl methyl sites for hydroxylation is 1. The van der Waals surface area contributed by atoms with Gasteiger partial charge in [0.1, 0.15) is 17.4 Å². The van der Waals surface area contributed by atoms with Crippen LogP contribution in [0.4, 0.5) is 11.6 Å². The van der Waals surface area contributed by atoms with Crippen molar-refractivity contribution in [3.8, 4) is 11.4 Å². The number of hydrogen-bond acceptors (Lipinski definition) is 8. The molecule has 196 valence electrons. The van der Waals surface area contributed by atoms with Crippen LogP contribution in [-0.4, -0.2) is 46.7 Å². The molecule has 3 heterocycles. The Morgan fingerprint density at radius 3 is 2.53 bits per heavy atom. The number of hydroxylamine groups is 1. The van der Waals surface area contributed by atoms with E-state index in [-0.39, 0.29) is 17.1 Å². The highest BCUT2D eigenvalue weighted by Gasteiger charge is 2.19. The standard InChI is InChI=1S/C28H30N6O4/c1-3-18-4-8-20(9-5-18)34-17-24(27(36)33-37-2)25(35)23-16-30-28(32-26(23)34)31-19-6-10-21(11-7-19)38-22-12-14-29-15-13-22/h4-11,16-17,22,29H,3,12-15H2,1-2H3,(H,33,36)(H,30,31,32). The van der Waals surface area contributed by atoms with Crippen molar-refractivity contribution in [1.29, 1.82) is 0 Å². The molecule has 2 aromatic heterocycles. The van der Waals surface area contributed by atoms with E-state index in [1.54, 1.807) is 4.57 Å². The third-order valence-electron chi connectivity index (χ3n) is 6.51. The van der Waals surface area contributed by atoms with Crippen molar-refractivity contribution in [3.63, 3.8) is 0 Å². The zero-order valence-corrected chi connectivity index (χ0v) is 21.4. The zero-order valence-electron chi connectivity index (χ0n) is 21.4. The molecular weight excluding hydrogens is 484 g/mol. The van der Waals surface area contributed by atoms with Gasteiger partial charge < -0.3 is 19.9 Å². The van der Waals surface area contributed by atoms with Gasteiger partial charge in [-0.25, -0.2) is 10.5 Å². The lowest BCUT2D eigenvalue weighted by atomic mass is 10.1. The summed E-state index contributed by atoms with van der Waals surface area (Å²) in [6, 6.07) is 15.5. The van der Waals surface area contributed by atoms with Crippen molar-refractivity contribution in [3.05, 3.63) is 82.3 Å². The molecule has 0 spiro atoms. The normalized spacial score (nSPS) is 13.8. The monoisotopic (exact) mass is 514 g/mol. The number of nitrogens with one attached hydrogen (secondary N) is 3. The summed E-state index contributed by atoms with van der Waals surface area (Å²) in [4.78, 5) is 39.4. The third-order valence-corrected chi connectivity index (χ3v) is 6.51. The van der Waals surface area contributed by atoms with Crippen LogP contribution in [0.2, 0.25) is 0 Å². The molecule has 0 bridgehead atoms. The molecule has 1 saturated heterocycles. The summed E-state index contributed by atoms with van der Waals surface area (Å²) in [6.07, 6.45) is 6.00. The van der Waals surface area contributed by atoms with Gasteiger partial charge in [-0.05, 0) is 74.3 Å². The molecule has 0 atom stereocenters. The Bertz CT molecular complexity index is 1480. The summed E-state index contributed by atoms with van der Waals surface area (Å²) in [6.45, 7) is 4.01. The van der Waals surface area contributed by atoms with Crippen LogP contribution in [0.15, 0.2) is 65.7 Å². The first-order valence-electron chi connectivity index (χ1n) is 12.6. The first-order chi connectivity index (χ1) is 18.6. The van der Waals surface area contributed by atoms with E-state index in [1.165, 1.54) is 25.1 Å². The Labute approximate surface area is 220 Å². The molecule has 10 heteroatoms. The minimum atomic E-state index is -0.646. The second kappa shape index (κ2) is 11.4. The Morgan fingerprint density at radius 1 is 1.11 bits per heavy atom. The first kappa shape index (κ1) is 25.4. The number of fused-ring (bicyclic) bond motifs is 1. The molecular formula is C28H30N6O4. The molecule has 3 N–H and O–H groups in total. The van der Waals surface area contributed by atoms with Crippen molar-refractivity contribution in [2.24, 2.45) is 0 Å². The predicted molar refractivity (Wildman–Crippen MR) is 145 cm³/mol. The maximum Gasteiger partial charge on any atom is 0.280 e. The van der Waals surface area contributed by atoms with Gasteiger partial charge in [0.25, 0.3) is 5.91 Å².